The summed E-state index contributed by atoms with van der Waals surface area (Å²) in [5.41, 5.74) is 0. The molecule has 1 amide bonds. The number of ether oxygens (including phenoxy) is 1. The standard InChI is InChI=1S/C12H17NO3S/c1-9(12(15)13-6-7-16-2)17-11-5-3-4-10(14)8-11/h3-5,8-9,14H,6-7H2,1-2H3,(H,13,15). The van der Waals surface area contributed by atoms with Gasteiger partial charge in [-0.3, -0.25) is 4.79 Å². The van der Waals surface area contributed by atoms with E-state index < -0.39 is 0 Å². The summed E-state index contributed by atoms with van der Waals surface area (Å²) < 4.78 is 4.85. The lowest BCUT2D eigenvalue weighted by Gasteiger charge is -2.11. The first-order valence-electron chi connectivity index (χ1n) is 5.36. The van der Waals surface area contributed by atoms with Gasteiger partial charge in [0.25, 0.3) is 0 Å². The van der Waals surface area contributed by atoms with Crippen LogP contribution in [0.25, 0.3) is 0 Å². The summed E-state index contributed by atoms with van der Waals surface area (Å²) in [6.45, 7) is 2.85. The monoisotopic (exact) mass is 255 g/mol. The van der Waals surface area contributed by atoms with Crippen molar-refractivity contribution < 1.29 is 14.6 Å². The van der Waals surface area contributed by atoms with Crippen LogP contribution >= 0.6 is 11.8 Å². The predicted molar refractivity (Wildman–Crippen MR) is 68.3 cm³/mol. The Bertz CT molecular complexity index is 371. The quantitative estimate of drug-likeness (QED) is 0.599. The van der Waals surface area contributed by atoms with E-state index in [2.05, 4.69) is 5.32 Å². The van der Waals surface area contributed by atoms with Crippen LogP contribution in [0.2, 0.25) is 0 Å². The minimum atomic E-state index is -0.200. The van der Waals surface area contributed by atoms with Gasteiger partial charge in [0.2, 0.25) is 5.91 Å². The van der Waals surface area contributed by atoms with E-state index >= 15 is 0 Å². The zero-order chi connectivity index (χ0) is 12.7. The molecule has 0 fully saturated rings. The van der Waals surface area contributed by atoms with Crippen LogP contribution < -0.4 is 5.32 Å². The molecule has 0 bridgehead atoms. The molecule has 0 aliphatic heterocycles. The molecule has 0 saturated carbocycles. The van der Waals surface area contributed by atoms with Crippen LogP contribution in [0, 0.1) is 0 Å². The van der Waals surface area contributed by atoms with Gasteiger partial charge in [-0.05, 0) is 25.1 Å². The predicted octanol–water partition coefficient (Wildman–Crippen LogP) is 1.64. The Labute approximate surface area is 105 Å². The van der Waals surface area contributed by atoms with E-state index in [1.807, 2.05) is 13.0 Å². The van der Waals surface area contributed by atoms with E-state index in [0.717, 1.165) is 4.90 Å². The van der Waals surface area contributed by atoms with Crippen LogP contribution in [0.4, 0.5) is 0 Å². The number of methoxy groups -OCH3 is 1. The molecule has 0 spiro atoms. The number of amides is 1. The molecule has 4 nitrogen and oxygen atoms in total. The lowest BCUT2D eigenvalue weighted by atomic mass is 10.3. The van der Waals surface area contributed by atoms with E-state index in [1.165, 1.54) is 11.8 Å². The van der Waals surface area contributed by atoms with E-state index in [4.69, 9.17) is 4.74 Å². The summed E-state index contributed by atoms with van der Waals surface area (Å²) in [6, 6.07) is 6.87. The summed E-state index contributed by atoms with van der Waals surface area (Å²) in [4.78, 5) is 12.5. The number of hydrogen-bond donors (Lipinski definition) is 2. The molecular weight excluding hydrogens is 238 g/mol. The highest BCUT2D eigenvalue weighted by Gasteiger charge is 2.13. The average molecular weight is 255 g/mol. The first kappa shape index (κ1) is 13.9. The highest BCUT2D eigenvalue weighted by Crippen LogP contribution is 2.25. The van der Waals surface area contributed by atoms with E-state index in [0.29, 0.717) is 13.2 Å². The highest BCUT2D eigenvalue weighted by molar-refractivity contribution is 8.00. The third-order valence-corrected chi connectivity index (χ3v) is 3.20. The molecule has 5 heteroatoms. The Morgan fingerprint density at radius 3 is 3.00 bits per heavy atom. The van der Waals surface area contributed by atoms with Gasteiger partial charge in [0.15, 0.2) is 0 Å². The summed E-state index contributed by atoms with van der Waals surface area (Å²) in [7, 11) is 1.59. The molecule has 1 atom stereocenters. The second-order valence-corrected chi connectivity index (χ2v) is 4.96. The fraction of sp³-hybridized carbons (Fsp3) is 0.417. The molecule has 94 valence electrons. The molecule has 2 N–H and O–H groups in total. The Kier molecular flexibility index (Phi) is 5.86. The Balaban J connectivity index is 2.43. The van der Waals surface area contributed by atoms with Crippen LogP contribution in [-0.4, -0.2) is 36.5 Å². The first-order chi connectivity index (χ1) is 8.13. The molecule has 0 aliphatic carbocycles. The van der Waals surface area contributed by atoms with Gasteiger partial charge in [0, 0.05) is 18.6 Å². The Morgan fingerprint density at radius 2 is 2.35 bits per heavy atom. The van der Waals surface area contributed by atoms with Crippen molar-refractivity contribution in [3.05, 3.63) is 24.3 Å². The van der Waals surface area contributed by atoms with E-state index in [-0.39, 0.29) is 16.9 Å². The topological polar surface area (TPSA) is 58.6 Å². The Hall–Kier alpha value is -1.20. The van der Waals surface area contributed by atoms with E-state index in [9.17, 15) is 9.90 Å². The summed E-state index contributed by atoms with van der Waals surface area (Å²) >= 11 is 1.41. The van der Waals surface area contributed by atoms with Crippen LogP contribution in [0.3, 0.4) is 0 Å². The van der Waals surface area contributed by atoms with Gasteiger partial charge < -0.3 is 15.2 Å². The molecule has 1 rings (SSSR count). The maximum Gasteiger partial charge on any atom is 0.233 e. The molecular formula is C12H17NO3S. The third-order valence-electron chi connectivity index (χ3n) is 2.11. The second-order valence-electron chi connectivity index (χ2n) is 3.54. The van der Waals surface area contributed by atoms with Crippen molar-refractivity contribution >= 4 is 17.7 Å². The van der Waals surface area contributed by atoms with Gasteiger partial charge in [-0.25, -0.2) is 0 Å². The van der Waals surface area contributed by atoms with Crippen LogP contribution in [-0.2, 0) is 9.53 Å². The summed E-state index contributed by atoms with van der Waals surface area (Å²) in [5, 5.41) is 11.9. The molecule has 0 heterocycles. The summed E-state index contributed by atoms with van der Waals surface area (Å²) in [6.07, 6.45) is 0. The van der Waals surface area contributed by atoms with Crippen LogP contribution in [0.15, 0.2) is 29.2 Å². The number of carbonyl (C=O) groups excluding carboxylic acids is 1. The maximum absolute atomic E-state index is 11.7. The number of aromatic hydroxyl groups is 1. The minimum Gasteiger partial charge on any atom is -0.508 e. The maximum atomic E-state index is 11.7. The van der Waals surface area contributed by atoms with Crippen molar-refractivity contribution in [1.82, 2.24) is 5.32 Å². The van der Waals surface area contributed by atoms with Crippen molar-refractivity contribution in [3.63, 3.8) is 0 Å². The van der Waals surface area contributed by atoms with Crippen LogP contribution in [0.5, 0.6) is 5.75 Å². The number of phenolic OH excluding ortho intramolecular Hbond substituents is 1. The van der Waals surface area contributed by atoms with Crippen molar-refractivity contribution in [2.45, 2.75) is 17.1 Å². The van der Waals surface area contributed by atoms with E-state index in [1.54, 1.807) is 25.3 Å². The largest absolute Gasteiger partial charge is 0.508 e. The molecule has 0 radical (unpaired) electrons. The average Bonchev–Trinajstić information content (AvgIpc) is 2.29. The number of benzene rings is 1. The van der Waals surface area contributed by atoms with Gasteiger partial charge >= 0.3 is 0 Å². The van der Waals surface area contributed by atoms with Crippen molar-refractivity contribution in [1.29, 1.82) is 0 Å². The van der Waals surface area contributed by atoms with Gasteiger partial charge in [-0.15, -0.1) is 11.8 Å². The number of phenols is 1. The molecule has 1 unspecified atom stereocenters. The SMILES string of the molecule is COCCNC(=O)C(C)Sc1cccc(O)c1. The zero-order valence-electron chi connectivity index (χ0n) is 9.97. The molecule has 0 saturated heterocycles. The van der Waals surface area contributed by atoms with Gasteiger partial charge in [-0.2, -0.15) is 0 Å². The van der Waals surface area contributed by atoms with Crippen molar-refractivity contribution in [2.24, 2.45) is 0 Å². The van der Waals surface area contributed by atoms with Crippen molar-refractivity contribution in [3.8, 4) is 5.75 Å². The minimum absolute atomic E-state index is 0.0320. The van der Waals surface area contributed by atoms with Crippen molar-refractivity contribution in [2.75, 3.05) is 20.3 Å². The summed E-state index contributed by atoms with van der Waals surface area (Å²) in [5.74, 6) is 0.178. The molecule has 1 aromatic carbocycles. The zero-order valence-corrected chi connectivity index (χ0v) is 10.8. The smallest absolute Gasteiger partial charge is 0.233 e. The third kappa shape index (κ3) is 5.10. The number of thioether (sulfide) groups is 1. The first-order valence-corrected chi connectivity index (χ1v) is 6.24. The molecule has 17 heavy (non-hydrogen) atoms. The normalized spacial score (nSPS) is 12.1. The van der Waals surface area contributed by atoms with Gasteiger partial charge in [0.1, 0.15) is 5.75 Å². The van der Waals surface area contributed by atoms with Gasteiger partial charge in [-0.1, -0.05) is 6.07 Å². The lowest BCUT2D eigenvalue weighted by molar-refractivity contribution is -0.120. The molecule has 0 aromatic heterocycles. The number of rotatable bonds is 6. The lowest BCUT2D eigenvalue weighted by Crippen LogP contribution is -2.33. The fourth-order valence-corrected chi connectivity index (χ4v) is 2.18. The highest BCUT2D eigenvalue weighted by atomic mass is 32.2. The number of carbonyl (C=O) groups is 1. The Morgan fingerprint density at radius 1 is 1.59 bits per heavy atom. The molecule has 1 aromatic rings. The fourth-order valence-electron chi connectivity index (χ4n) is 1.23. The van der Waals surface area contributed by atoms with Gasteiger partial charge in [0.05, 0.1) is 11.9 Å². The number of nitrogens with one attached hydrogen (secondary N) is 1. The number of hydrogen-bond acceptors (Lipinski definition) is 4. The molecule has 0 aliphatic rings. The van der Waals surface area contributed by atoms with Crippen LogP contribution in [0.1, 0.15) is 6.92 Å². The second kappa shape index (κ2) is 7.19.